The Hall–Kier alpha value is -2.24. The molecule has 0 unspecified atom stereocenters. The van der Waals surface area contributed by atoms with Crippen molar-refractivity contribution < 1.29 is 24.2 Å². The minimum absolute atomic E-state index is 0.0965. The van der Waals surface area contributed by atoms with Gasteiger partial charge < -0.3 is 19.5 Å². The molecule has 1 N–H and O–H groups in total. The van der Waals surface area contributed by atoms with Crippen LogP contribution in [0.5, 0.6) is 11.5 Å². The number of likely N-dealkylation sites (tertiary alicyclic amines) is 1. The second kappa shape index (κ2) is 7.85. The van der Waals surface area contributed by atoms with E-state index in [0.29, 0.717) is 36.6 Å². The molecule has 126 valence electrons. The van der Waals surface area contributed by atoms with Crippen molar-refractivity contribution in [3.8, 4) is 11.5 Å². The number of ether oxygens (including phenoxy) is 2. The fraction of sp³-hybridized carbons (Fsp3) is 0.529. The molecule has 1 aliphatic rings. The summed E-state index contributed by atoms with van der Waals surface area (Å²) in [7, 11) is 3.05. The van der Waals surface area contributed by atoms with E-state index >= 15 is 0 Å². The molecule has 1 aromatic rings. The van der Waals surface area contributed by atoms with Crippen molar-refractivity contribution in [2.75, 3.05) is 27.3 Å². The van der Waals surface area contributed by atoms with E-state index in [1.165, 1.54) is 14.2 Å². The molecule has 1 aliphatic heterocycles. The topological polar surface area (TPSA) is 76.1 Å². The summed E-state index contributed by atoms with van der Waals surface area (Å²) in [5.74, 6) is 0.314. The van der Waals surface area contributed by atoms with Crippen molar-refractivity contribution in [3.05, 3.63) is 23.8 Å². The molecule has 2 rings (SSSR count). The van der Waals surface area contributed by atoms with Gasteiger partial charge in [-0.15, -0.1) is 0 Å². The summed E-state index contributed by atoms with van der Waals surface area (Å²) in [6.45, 7) is 1.27. The van der Waals surface area contributed by atoms with Gasteiger partial charge in [0.1, 0.15) is 0 Å². The summed E-state index contributed by atoms with van der Waals surface area (Å²) in [6.07, 6.45) is 2.61. The van der Waals surface area contributed by atoms with E-state index in [9.17, 15) is 9.59 Å². The zero-order valence-electron chi connectivity index (χ0n) is 13.6. The van der Waals surface area contributed by atoms with Crippen LogP contribution >= 0.6 is 0 Å². The first kappa shape index (κ1) is 17.1. The molecule has 0 saturated carbocycles. The Kier molecular flexibility index (Phi) is 5.84. The number of methoxy groups -OCH3 is 2. The third-order valence-corrected chi connectivity index (χ3v) is 4.21. The van der Waals surface area contributed by atoms with Gasteiger partial charge in [0, 0.05) is 19.5 Å². The van der Waals surface area contributed by atoms with Crippen molar-refractivity contribution in [2.24, 2.45) is 5.92 Å². The van der Waals surface area contributed by atoms with Gasteiger partial charge in [-0.05, 0) is 37.3 Å². The van der Waals surface area contributed by atoms with Crippen molar-refractivity contribution >= 4 is 11.9 Å². The van der Waals surface area contributed by atoms with Gasteiger partial charge in [0.25, 0.3) is 5.91 Å². The van der Waals surface area contributed by atoms with Crippen molar-refractivity contribution in [3.63, 3.8) is 0 Å². The predicted octanol–water partition coefficient (Wildman–Crippen LogP) is 2.42. The summed E-state index contributed by atoms with van der Waals surface area (Å²) in [4.78, 5) is 25.3. The summed E-state index contributed by atoms with van der Waals surface area (Å²) < 4.78 is 10.6. The first-order valence-electron chi connectivity index (χ1n) is 7.78. The highest BCUT2D eigenvalue weighted by molar-refractivity contribution is 5.97. The molecule has 1 aromatic carbocycles. The molecular formula is C17H23NO5. The quantitative estimate of drug-likeness (QED) is 0.871. The normalized spacial score (nSPS) is 17.7. The van der Waals surface area contributed by atoms with Crippen LogP contribution in [0.2, 0.25) is 0 Å². The summed E-state index contributed by atoms with van der Waals surface area (Å²) >= 11 is 0. The number of rotatable bonds is 6. The smallest absolute Gasteiger partial charge is 0.303 e. The maximum absolute atomic E-state index is 12.8. The number of hydrogen-bond donors (Lipinski definition) is 1. The maximum Gasteiger partial charge on any atom is 0.303 e. The standard InChI is InChI=1S/C17H23NO5/c1-22-14-7-3-6-13(16(14)23-2)17(21)18-10-4-5-12(11-18)8-9-15(19)20/h3,6-7,12H,4-5,8-11H2,1-2H3,(H,19,20)/t12-/m0/s1. The van der Waals surface area contributed by atoms with Crippen molar-refractivity contribution in [1.82, 2.24) is 4.90 Å². The van der Waals surface area contributed by atoms with Gasteiger partial charge in [-0.2, -0.15) is 0 Å². The highest BCUT2D eigenvalue weighted by Crippen LogP contribution is 2.32. The first-order valence-corrected chi connectivity index (χ1v) is 7.78. The highest BCUT2D eigenvalue weighted by atomic mass is 16.5. The summed E-state index contributed by atoms with van der Waals surface area (Å²) in [5.41, 5.74) is 0.478. The number of carbonyl (C=O) groups excluding carboxylic acids is 1. The molecule has 0 aliphatic carbocycles. The number of carboxylic acid groups (broad SMARTS) is 1. The predicted molar refractivity (Wildman–Crippen MR) is 85.0 cm³/mol. The summed E-state index contributed by atoms with van der Waals surface area (Å²) in [6, 6.07) is 5.24. The van der Waals surface area contributed by atoms with E-state index in [1.54, 1.807) is 23.1 Å². The SMILES string of the molecule is COc1cccc(C(=O)N2CCC[C@@H](CCC(=O)O)C2)c1OC. The van der Waals surface area contributed by atoms with E-state index in [2.05, 4.69) is 0 Å². The Morgan fingerprint density at radius 1 is 1.30 bits per heavy atom. The number of para-hydroxylation sites is 1. The number of piperidine rings is 1. The van der Waals surface area contributed by atoms with Crippen LogP contribution < -0.4 is 9.47 Å². The number of nitrogens with zero attached hydrogens (tertiary/aromatic N) is 1. The fourth-order valence-electron chi connectivity index (χ4n) is 3.04. The van der Waals surface area contributed by atoms with Gasteiger partial charge in [-0.3, -0.25) is 9.59 Å². The van der Waals surface area contributed by atoms with Gasteiger partial charge in [0.15, 0.2) is 11.5 Å². The highest BCUT2D eigenvalue weighted by Gasteiger charge is 2.27. The molecule has 1 heterocycles. The van der Waals surface area contributed by atoms with Gasteiger partial charge in [0.05, 0.1) is 19.8 Å². The second-order valence-corrected chi connectivity index (χ2v) is 5.73. The van der Waals surface area contributed by atoms with Crippen LogP contribution in [0.4, 0.5) is 0 Å². The Balaban J connectivity index is 2.12. The van der Waals surface area contributed by atoms with Crippen LogP contribution in [0.25, 0.3) is 0 Å². The lowest BCUT2D eigenvalue weighted by Gasteiger charge is -2.33. The number of hydrogen-bond acceptors (Lipinski definition) is 4. The number of carbonyl (C=O) groups is 2. The summed E-state index contributed by atoms with van der Waals surface area (Å²) in [5, 5.41) is 8.81. The largest absolute Gasteiger partial charge is 0.493 e. The average molecular weight is 321 g/mol. The minimum atomic E-state index is -0.789. The minimum Gasteiger partial charge on any atom is -0.493 e. The van der Waals surface area contributed by atoms with Crippen LogP contribution in [0.3, 0.4) is 0 Å². The Morgan fingerprint density at radius 2 is 2.09 bits per heavy atom. The Bertz CT molecular complexity index is 572. The molecule has 0 spiro atoms. The molecule has 0 radical (unpaired) electrons. The van der Waals surface area contributed by atoms with Gasteiger partial charge in [-0.25, -0.2) is 0 Å². The zero-order valence-corrected chi connectivity index (χ0v) is 13.6. The molecule has 23 heavy (non-hydrogen) atoms. The lowest BCUT2D eigenvalue weighted by atomic mass is 9.93. The first-order chi connectivity index (χ1) is 11.1. The van der Waals surface area contributed by atoms with Gasteiger partial charge in [-0.1, -0.05) is 6.07 Å². The second-order valence-electron chi connectivity index (χ2n) is 5.73. The third-order valence-electron chi connectivity index (χ3n) is 4.21. The van der Waals surface area contributed by atoms with Crippen molar-refractivity contribution in [2.45, 2.75) is 25.7 Å². The van der Waals surface area contributed by atoms with E-state index in [-0.39, 0.29) is 18.2 Å². The maximum atomic E-state index is 12.8. The van der Waals surface area contributed by atoms with Gasteiger partial charge >= 0.3 is 5.97 Å². The molecule has 6 nitrogen and oxygen atoms in total. The van der Waals surface area contributed by atoms with Crippen LogP contribution in [-0.4, -0.2) is 49.2 Å². The van der Waals surface area contributed by atoms with E-state index < -0.39 is 5.97 Å². The van der Waals surface area contributed by atoms with E-state index in [1.807, 2.05) is 0 Å². The molecule has 0 bridgehead atoms. The fourth-order valence-corrected chi connectivity index (χ4v) is 3.04. The number of carboxylic acids is 1. The van der Waals surface area contributed by atoms with Crippen molar-refractivity contribution in [1.29, 1.82) is 0 Å². The van der Waals surface area contributed by atoms with Gasteiger partial charge in [0.2, 0.25) is 0 Å². The molecule has 0 aromatic heterocycles. The number of aliphatic carboxylic acids is 1. The zero-order chi connectivity index (χ0) is 16.8. The molecule has 1 saturated heterocycles. The number of amides is 1. The Labute approximate surface area is 136 Å². The molecular weight excluding hydrogens is 298 g/mol. The van der Waals surface area contributed by atoms with E-state index in [0.717, 1.165) is 12.8 Å². The third kappa shape index (κ3) is 4.15. The van der Waals surface area contributed by atoms with Crippen LogP contribution in [0, 0.1) is 5.92 Å². The molecule has 1 amide bonds. The van der Waals surface area contributed by atoms with Crippen LogP contribution in [-0.2, 0) is 4.79 Å². The van der Waals surface area contributed by atoms with Crippen LogP contribution in [0.1, 0.15) is 36.0 Å². The van der Waals surface area contributed by atoms with Crippen LogP contribution in [0.15, 0.2) is 18.2 Å². The average Bonchev–Trinajstić information content (AvgIpc) is 2.58. The molecule has 1 atom stereocenters. The number of benzene rings is 1. The lowest BCUT2D eigenvalue weighted by Crippen LogP contribution is -2.40. The van der Waals surface area contributed by atoms with E-state index in [4.69, 9.17) is 14.6 Å². The monoisotopic (exact) mass is 321 g/mol. The Morgan fingerprint density at radius 3 is 2.74 bits per heavy atom. The molecule has 6 heteroatoms. The lowest BCUT2D eigenvalue weighted by molar-refractivity contribution is -0.137. The molecule has 1 fully saturated rings.